The molecule has 1 aromatic carbocycles. The third kappa shape index (κ3) is 6.05. The van der Waals surface area contributed by atoms with Crippen LogP contribution in [-0.2, 0) is 34.2 Å². The molecule has 148 valence electrons. The summed E-state index contributed by atoms with van der Waals surface area (Å²) >= 11 is 1.69. The smallest absolute Gasteiger partial charge is 0.250 e. The third-order valence-corrected chi connectivity index (χ3v) is 6.44. The molecule has 8 nitrogen and oxygen atoms in total. The van der Waals surface area contributed by atoms with Crippen molar-refractivity contribution in [3.8, 4) is 0 Å². The number of nitrogens with zero attached hydrogens (tertiary/aromatic N) is 3. The highest BCUT2D eigenvalue weighted by molar-refractivity contribution is 7.98. The Morgan fingerprint density at radius 3 is 2.78 bits per heavy atom. The molecular formula is C17H24N4O4S2. The Hall–Kier alpha value is -1.91. The van der Waals surface area contributed by atoms with Crippen LogP contribution >= 0.6 is 11.8 Å². The highest BCUT2D eigenvalue weighted by atomic mass is 32.2. The van der Waals surface area contributed by atoms with Crippen molar-refractivity contribution in [3.63, 3.8) is 0 Å². The van der Waals surface area contributed by atoms with Gasteiger partial charge in [0, 0.05) is 23.4 Å². The van der Waals surface area contributed by atoms with Gasteiger partial charge in [-0.15, -0.1) is 16.9 Å². The number of hydrogen-bond donors (Lipinski definition) is 3. The van der Waals surface area contributed by atoms with Gasteiger partial charge < -0.3 is 0 Å². The van der Waals surface area contributed by atoms with E-state index in [0.717, 1.165) is 12.1 Å². The first-order chi connectivity index (χ1) is 12.9. The molecule has 1 atom stereocenters. The summed E-state index contributed by atoms with van der Waals surface area (Å²) in [5, 5.41) is 17.1. The zero-order valence-corrected chi connectivity index (χ0v) is 17.0. The molecule has 1 unspecified atom stereocenters. The zero-order valence-electron chi connectivity index (χ0n) is 15.3. The molecule has 0 fully saturated rings. The molecule has 0 radical (unpaired) electrons. The van der Waals surface area contributed by atoms with Gasteiger partial charge >= 0.3 is 0 Å². The van der Waals surface area contributed by atoms with Crippen LogP contribution in [0.2, 0.25) is 0 Å². The van der Waals surface area contributed by atoms with Crippen LogP contribution < -0.4 is 5.48 Å². The fraction of sp³-hybridized carbons (Fsp3) is 0.471. The molecule has 0 spiro atoms. The van der Waals surface area contributed by atoms with Gasteiger partial charge in [-0.25, -0.2) is 13.9 Å². The van der Waals surface area contributed by atoms with E-state index in [2.05, 4.69) is 29.4 Å². The molecule has 10 heteroatoms. The van der Waals surface area contributed by atoms with E-state index in [4.69, 9.17) is 5.21 Å². The van der Waals surface area contributed by atoms with Crippen LogP contribution in [0.5, 0.6) is 0 Å². The van der Waals surface area contributed by atoms with Gasteiger partial charge in [0.15, 0.2) is 0 Å². The number of aromatic nitrogens is 3. The largest absolute Gasteiger partial charge is 0.289 e. The number of aryl methyl sites for hydroxylation is 2. The normalized spacial score (nSPS) is 13.5. The second-order valence-corrected chi connectivity index (χ2v) is 8.46. The maximum Gasteiger partial charge on any atom is 0.250 e. The highest BCUT2D eigenvalue weighted by Gasteiger charge is 2.34. The minimum absolute atomic E-state index is 0.206. The van der Waals surface area contributed by atoms with Crippen molar-refractivity contribution in [3.05, 3.63) is 41.7 Å². The van der Waals surface area contributed by atoms with Gasteiger partial charge in [0.1, 0.15) is 10.7 Å². The Labute approximate surface area is 164 Å². The van der Waals surface area contributed by atoms with Gasteiger partial charge in [-0.1, -0.05) is 30.3 Å². The van der Waals surface area contributed by atoms with E-state index in [1.54, 1.807) is 28.1 Å². The van der Waals surface area contributed by atoms with E-state index < -0.39 is 22.0 Å². The predicted octanol–water partition coefficient (Wildman–Crippen LogP) is 1.65. The molecule has 1 aromatic heterocycles. The maximum absolute atomic E-state index is 11.8. The van der Waals surface area contributed by atoms with E-state index in [0.29, 0.717) is 12.3 Å². The predicted molar refractivity (Wildman–Crippen MR) is 103 cm³/mol. The Balaban J connectivity index is 1.97. The molecule has 2 rings (SSSR count). The van der Waals surface area contributed by atoms with Crippen molar-refractivity contribution in [1.29, 1.82) is 0 Å². The summed E-state index contributed by atoms with van der Waals surface area (Å²) < 4.78 is 23.7. The van der Waals surface area contributed by atoms with Crippen molar-refractivity contribution in [2.45, 2.75) is 43.9 Å². The number of nitrogens with one attached hydrogen (secondary N) is 1. The molecule has 0 saturated carbocycles. The second-order valence-electron chi connectivity index (χ2n) is 6.47. The molecule has 1 heterocycles. The van der Waals surface area contributed by atoms with E-state index >= 15 is 0 Å². The number of thioether (sulfide) groups is 1. The maximum atomic E-state index is 11.8. The minimum atomic E-state index is -2.76. The minimum Gasteiger partial charge on any atom is -0.289 e. The summed E-state index contributed by atoms with van der Waals surface area (Å²) in [6.07, 6.45) is 2.96. The average molecular weight is 413 g/mol. The second kappa shape index (κ2) is 9.86. The quantitative estimate of drug-likeness (QED) is 0.235. The molecule has 0 saturated heterocycles. The van der Waals surface area contributed by atoms with Gasteiger partial charge in [0.2, 0.25) is 5.91 Å². The molecule has 0 aliphatic carbocycles. The molecule has 27 heavy (non-hydrogen) atoms. The standard InChI is InChI=1S/C17H24N4O4S2/c1-3-13-6-4-5-7-15(13)26-11-14-10-21(20-18-14)9-8-17(2,12-27(24)25)16(22)19-23/h4-7,10,23,27H,3,8-9,11-12H2,1-2H3,(H,19,22). The van der Waals surface area contributed by atoms with Crippen LogP contribution in [0.3, 0.4) is 0 Å². The van der Waals surface area contributed by atoms with Gasteiger partial charge in [-0.05, 0) is 31.4 Å². The first kappa shape index (κ1) is 21.4. The SMILES string of the molecule is CCc1ccccc1SCc1cn(CCC(C)(C[SH](=O)=O)C(=O)NO)nn1. The molecule has 2 N–H and O–H groups in total. The number of thiol groups is 1. The summed E-state index contributed by atoms with van der Waals surface area (Å²) in [4.78, 5) is 13.0. The summed E-state index contributed by atoms with van der Waals surface area (Å²) in [5.74, 6) is -0.411. The van der Waals surface area contributed by atoms with Crippen LogP contribution in [0.25, 0.3) is 0 Å². The number of amides is 1. The van der Waals surface area contributed by atoms with E-state index in [9.17, 15) is 13.2 Å². The lowest BCUT2D eigenvalue weighted by Gasteiger charge is -2.24. The average Bonchev–Trinajstić information content (AvgIpc) is 3.11. The monoisotopic (exact) mass is 412 g/mol. The number of carbonyl (C=O) groups excluding carboxylic acids is 1. The van der Waals surface area contributed by atoms with Crippen molar-refractivity contribution < 1.29 is 18.4 Å². The van der Waals surface area contributed by atoms with Crippen LogP contribution in [0.4, 0.5) is 0 Å². The number of rotatable bonds is 10. The van der Waals surface area contributed by atoms with E-state index in [-0.39, 0.29) is 12.2 Å². The molecule has 1 amide bonds. The Morgan fingerprint density at radius 1 is 1.37 bits per heavy atom. The van der Waals surface area contributed by atoms with Crippen LogP contribution in [-0.4, -0.2) is 40.3 Å². The first-order valence-corrected chi connectivity index (χ1v) is 10.9. The van der Waals surface area contributed by atoms with Gasteiger partial charge in [-0.3, -0.25) is 14.7 Å². The van der Waals surface area contributed by atoms with Gasteiger partial charge in [-0.2, -0.15) is 0 Å². The first-order valence-electron chi connectivity index (χ1n) is 8.54. The fourth-order valence-electron chi connectivity index (χ4n) is 2.65. The van der Waals surface area contributed by atoms with E-state index in [1.165, 1.54) is 17.4 Å². The lowest BCUT2D eigenvalue weighted by Crippen LogP contribution is -2.41. The third-order valence-electron chi connectivity index (χ3n) is 4.34. The molecular weight excluding hydrogens is 388 g/mol. The van der Waals surface area contributed by atoms with Gasteiger partial charge in [0.05, 0.1) is 16.9 Å². The van der Waals surface area contributed by atoms with Crippen LogP contribution in [0.1, 0.15) is 31.5 Å². The molecule has 0 bridgehead atoms. The van der Waals surface area contributed by atoms with Crippen molar-refractivity contribution in [2.75, 3.05) is 5.75 Å². The Bertz CT molecular complexity index is 845. The fourth-order valence-corrected chi connectivity index (χ4v) is 4.53. The number of hydroxylamine groups is 1. The zero-order chi connectivity index (χ0) is 19.9. The van der Waals surface area contributed by atoms with Crippen molar-refractivity contribution >= 4 is 28.4 Å². The molecule has 2 aromatic rings. The molecule has 0 aliphatic heterocycles. The summed E-state index contributed by atoms with van der Waals surface area (Å²) in [7, 11) is -2.76. The molecule has 0 aliphatic rings. The van der Waals surface area contributed by atoms with Crippen molar-refractivity contribution in [2.24, 2.45) is 5.41 Å². The van der Waals surface area contributed by atoms with Crippen LogP contribution in [0, 0.1) is 5.41 Å². The summed E-state index contributed by atoms with van der Waals surface area (Å²) in [6.45, 7) is 3.93. The lowest BCUT2D eigenvalue weighted by atomic mass is 9.88. The Kier molecular flexibility index (Phi) is 7.81. The summed E-state index contributed by atoms with van der Waals surface area (Å²) in [6, 6.07) is 8.21. The number of hydrogen-bond acceptors (Lipinski definition) is 7. The lowest BCUT2D eigenvalue weighted by molar-refractivity contribution is -0.138. The van der Waals surface area contributed by atoms with E-state index in [1.807, 2.05) is 12.1 Å². The van der Waals surface area contributed by atoms with Gasteiger partial charge in [0.25, 0.3) is 0 Å². The van der Waals surface area contributed by atoms with Crippen LogP contribution in [0.15, 0.2) is 35.4 Å². The summed E-state index contributed by atoms with van der Waals surface area (Å²) in [5.41, 5.74) is 2.40. The van der Waals surface area contributed by atoms with Crippen molar-refractivity contribution in [1.82, 2.24) is 20.5 Å². The number of carbonyl (C=O) groups is 1. The topological polar surface area (TPSA) is 114 Å². The number of benzene rings is 1. The Morgan fingerprint density at radius 2 is 2.11 bits per heavy atom. The highest BCUT2D eigenvalue weighted by Crippen LogP contribution is 2.26.